The molecule has 0 bridgehead atoms. The smallest absolute Gasteiger partial charge is 0.261 e. The van der Waals surface area contributed by atoms with Crippen LogP contribution in [0.3, 0.4) is 0 Å². The Kier molecular flexibility index (Phi) is 4.40. The number of aromatic amines is 2. The van der Waals surface area contributed by atoms with Gasteiger partial charge in [0.15, 0.2) is 0 Å². The number of nitrogen functional groups attached to an aromatic ring is 1. The summed E-state index contributed by atoms with van der Waals surface area (Å²) in [5.41, 5.74) is 11.2. The number of nitrogens with two attached hydrogens (primary N) is 1. The second-order valence-electron chi connectivity index (χ2n) is 7.10. The van der Waals surface area contributed by atoms with Crippen molar-refractivity contribution in [3.8, 4) is 11.4 Å². The molecule has 30 heavy (non-hydrogen) atoms. The van der Waals surface area contributed by atoms with Crippen molar-refractivity contribution >= 4 is 33.3 Å². The molecule has 0 spiro atoms. The quantitative estimate of drug-likeness (QED) is 0.362. The first-order chi connectivity index (χ1) is 14.7. The van der Waals surface area contributed by atoms with Crippen molar-refractivity contribution in [1.82, 2.24) is 19.9 Å². The molecule has 5 rings (SSSR count). The van der Waals surface area contributed by atoms with E-state index in [0.717, 1.165) is 40.8 Å². The van der Waals surface area contributed by atoms with Crippen LogP contribution in [0.1, 0.15) is 5.69 Å². The van der Waals surface area contributed by atoms with Gasteiger partial charge in [0, 0.05) is 35.9 Å². The summed E-state index contributed by atoms with van der Waals surface area (Å²) in [6.45, 7) is 0.765. The number of aromatic nitrogens is 4. The van der Waals surface area contributed by atoms with Crippen molar-refractivity contribution in [2.24, 2.45) is 0 Å². The van der Waals surface area contributed by atoms with Gasteiger partial charge in [-0.1, -0.05) is 24.3 Å². The van der Waals surface area contributed by atoms with Crippen molar-refractivity contribution in [1.29, 1.82) is 0 Å². The Labute approximate surface area is 172 Å². The van der Waals surface area contributed by atoms with Gasteiger partial charge in [0.2, 0.25) is 0 Å². The van der Waals surface area contributed by atoms with Gasteiger partial charge < -0.3 is 21.0 Å². The van der Waals surface area contributed by atoms with E-state index in [1.165, 1.54) is 0 Å². The average Bonchev–Trinajstić information content (AvgIpc) is 3.17. The molecular weight excluding hydrogens is 376 g/mol. The van der Waals surface area contributed by atoms with E-state index in [1.807, 2.05) is 60.7 Å². The van der Waals surface area contributed by atoms with Crippen molar-refractivity contribution in [3.05, 3.63) is 82.9 Å². The fourth-order valence-electron chi connectivity index (χ4n) is 3.62. The Morgan fingerprint density at radius 1 is 0.967 bits per heavy atom. The fraction of sp³-hybridized carbons (Fsp3) is 0.0870. The number of fused-ring (bicyclic) bond motifs is 2. The van der Waals surface area contributed by atoms with Crippen LogP contribution in [0.25, 0.3) is 33.3 Å². The van der Waals surface area contributed by atoms with Crippen molar-refractivity contribution in [3.63, 3.8) is 0 Å². The van der Waals surface area contributed by atoms with Crippen LogP contribution in [-0.4, -0.2) is 26.5 Å². The SMILES string of the molecule is Nc1c(-c2nc3ccc(NCCc4ccccn4)cc3[nH]2)c(=O)[nH]c2ccccc12. The minimum absolute atomic E-state index is 0.265. The lowest BCUT2D eigenvalue weighted by atomic mass is 10.1. The molecule has 0 aliphatic heterocycles. The molecule has 0 radical (unpaired) electrons. The predicted molar refractivity (Wildman–Crippen MR) is 120 cm³/mol. The predicted octanol–water partition coefficient (Wildman–Crippen LogP) is 3.70. The lowest BCUT2D eigenvalue weighted by Gasteiger charge is -2.06. The first-order valence-electron chi connectivity index (χ1n) is 9.73. The van der Waals surface area contributed by atoms with Crippen LogP contribution in [0.2, 0.25) is 0 Å². The molecule has 0 fully saturated rings. The first-order valence-corrected chi connectivity index (χ1v) is 9.73. The molecule has 3 heterocycles. The summed E-state index contributed by atoms with van der Waals surface area (Å²) in [5.74, 6) is 0.458. The molecule has 2 aromatic carbocycles. The van der Waals surface area contributed by atoms with Gasteiger partial charge in [0.05, 0.1) is 22.2 Å². The zero-order valence-electron chi connectivity index (χ0n) is 16.1. The van der Waals surface area contributed by atoms with Crippen LogP contribution in [0, 0.1) is 0 Å². The van der Waals surface area contributed by atoms with Crippen LogP contribution in [0.5, 0.6) is 0 Å². The largest absolute Gasteiger partial charge is 0.397 e. The number of pyridine rings is 2. The number of hydrogen-bond acceptors (Lipinski definition) is 5. The van der Waals surface area contributed by atoms with E-state index in [1.54, 1.807) is 6.20 Å². The van der Waals surface area contributed by atoms with Crippen LogP contribution in [-0.2, 0) is 6.42 Å². The van der Waals surface area contributed by atoms with E-state index in [9.17, 15) is 4.79 Å². The number of hydrogen-bond donors (Lipinski definition) is 4. The maximum Gasteiger partial charge on any atom is 0.261 e. The van der Waals surface area contributed by atoms with Gasteiger partial charge in [0.1, 0.15) is 11.4 Å². The third-order valence-electron chi connectivity index (χ3n) is 5.12. The van der Waals surface area contributed by atoms with Crippen LogP contribution < -0.4 is 16.6 Å². The lowest BCUT2D eigenvalue weighted by molar-refractivity contribution is 0.962. The molecule has 0 aliphatic rings. The Balaban J connectivity index is 1.44. The maximum atomic E-state index is 12.7. The number of H-pyrrole nitrogens is 2. The Bertz CT molecular complexity index is 1400. The molecule has 0 amide bonds. The molecule has 0 saturated heterocycles. The number of nitrogens with one attached hydrogen (secondary N) is 3. The summed E-state index contributed by atoms with van der Waals surface area (Å²) in [4.78, 5) is 27.7. The number of nitrogens with zero attached hydrogens (tertiary/aromatic N) is 2. The molecule has 0 unspecified atom stereocenters. The van der Waals surface area contributed by atoms with E-state index in [0.29, 0.717) is 22.6 Å². The maximum absolute atomic E-state index is 12.7. The van der Waals surface area contributed by atoms with Gasteiger partial charge in [-0.05, 0) is 36.4 Å². The number of anilines is 2. The molecule has 0 saturated carbocycles. The molecule has 3 aromatic heterocycles. The molecule has 5 N–H and O–H groups in total. The molecule has 0 aliphatic carbocycles. The highest BCUT2D eigenvalue weighted by atomic mass is 16.1. The van der Waals surface area contributed by atoms with E-state index >= 15 is 0 Å². The Morgan fingerprint density at radius 2 is 1.83 bits per heavy atom. The van der Waals surface area contributed by atoms with E-state index in [2.05, 4.69) is 25.3 Å². The topological polar surface area (TPSA) is 112 Å². The third kappa shape index (κ3) is 3.26. The van der Waals surface area contributed by atoms with Gasteiger partial charge in [-0.15, -0.1) is 0 Å². The van der Waals surface area contributed by atoms with Gasteiger partial charge in [-0.3, -0.25) is 9.78 Å². The van der Waals surface area contributed by atoms with Crippen LogP contribution >= 0.6 is 0 Å². The number of para-hydroxylation sites is 1. The van der Waals surface area contributed by atoms with Crippen LogP contribution in [0.15, 0.2) is 71.7 Å². The van der Waals surface area contributed by atoms with E-state index < -0.39 is 0 Å². The summed E-state index contributed by atoms with van der Waals surface area (Å²) in [6, 6.07) is 19.3. The molecule has 7 heteroatoms. The van der Waals surface area contributed by atoms with Gasteiger partial charge in [-0.2, -0.15) is 0 Å². The minimum Gasteiger partial charge on any atom is -0.397 e. The zero-order chi connectivity index (χ0) is 20.5. The summed E-state index contributed by atoms with van der Waals surface area (Å²) < 4.78 is 0. The second kappa shape index (κ2) is 7.36. The van der Waals surface area contributed by atoms with Gasteiger partial charge in [-0.25, -0.2) is 4.98 Å². The van der Waals surface area contributed by atoms with Crippen molar-refractivity contribution in [2.45, 2.75) is 6.42 Å². The third-order valence-corrected chi connectivity index (χ3v) is 5.12. The molecule has 148 valence electrons. The molecular formula is C23H20N6O. The number of imidazole rings is 1. The second-order valence-corrected chi connectivity index (χ2v) is 7.10. The minimum atomic E-state index is -0.265. The van der Waals surface area contributed by atoms with Gasteiger partial charge in [0.25, 0.3) is 5.56 Å². The number of benzene rings is 2. The van der Waals surface area contributed by atoms with E-state index in [-0.39, 0.29) is 5.56 Å². The fourth-order valence-corrected chi connectivity index (χ4v) is 3.62. The summed E-state index contributed by atoms with van der Waals surface area (Å²) in [5, 5.41) is 4.20. The standard InChI is InChI=1S/C23H20N6O/c24-21-16-6-1-2-7-17(16)29-23(30)20(21)22-27-18-9-8-15(13-19(18)28-22)26-12-10-14-5-3-4-11-25-14/h1-9,11,13,26H,10,12H2,(H,27,28)(H3,24,29,30). The summed E-state index contributed by atoms with van der Waals surface area (Å²) in [6.07, 6.45) is 2.63. The Hall–Kier alpha value is -4.13. The number of rotatable bonds is 5. The lowest BCUT2D eigenvalue weighted by Crippen LogP contribution is -2.13. The molecule has 7 nitrogen and oxygen atoms in total. The highest BCUT2D eigenvalue weighted by molar-refractivity contribution is 5.97. The highest BCUT2D eigenvalue weighted by Gasteiger charge is 2.15. The molecule has 0 atom stereocenters. The van der Waals surface area contributed by atoms with Crippen molar-refractivity contribution < 1.29 is 0 Å². The summed E-state index contributed by atoms with van der Waals surface area (Å²) >= 11 is 0. The van der Waals surface area contributed by atoms with Crippen molar-refractivity contribution in [2.75, 3.05) is 17.6 Å². The first kappa shape index (κ1) is 17.9. The van der Waals surface area contributed by atoms with Gasteiger partial charge >= 0.3 is 0 Å². The average molecular weight is 396 g/mol. The highest BCUT2D eigenvalue weighted by Crippen LogP contribution is 2.28. The van der Waals surface area contributed by atoms with Crippen LogP contribution in [0.4, 0.5) is 11.4 Å². The Morgan fingerprint density at radius 3 is 2.70 bits per heavy atom. The zero-order valence-corrected chi connectivity index (χ0v) is 16.1. The summed E-state index contributed by atoms with van der Waals surface area (Å²) in [7, 11) is 0. The molecule has 5 aromatic rings. The normalized spacial score (nSPS) is 11.2. The van der Waals surface area contributed by atoms with E-state index in [4.69, 9.17) is 5.73 Å². The monoisotopic (exact) mass is 396 g/mol.